The Morgan fingerprint density at radius 1 is 1.20 bits per heavy atom. The summed E-state index contributed by atoms with van der Waals surface area (Å²) in [5, 5.41) is 4.17. The Balaban J connectivity index is 1.52. The first-order valence-corrected chi connectivity index (χ1v) is 11.9. The number of aryl methyl sites for hydroxylation is 2. The van der Waals surface area contributed by atoms with E-state index in [1.54, 1.807) is 11.3 Å². The van der Waals surface area contributed by atoms with Gasteiger partial charge in [-0.2, -0.15) is 17.2 Å². The van der Waals surface area contributed by atoms with Crippen molar-refractivity contribution in [2.75, 3.05) is 43.2 Å². The molecule has 4 aromatic rings. The summed E-state index contributed by atoms with van der Waals surface area (Å²) in [6, 6.07) is 0. The number of hydrogen-bond acceptors (Lipinski definition) is 12. The van der Waals surface area contributed by atoms with E-state index in [9.17, 15) is 4.79 Å². The Morgan fingerprint density at radius 3 is 2.60 bits per heavy atom. The number of carbonyl (C=O) groups excluding carboxylic acids is 1. The lowest BCUT2D eigenvalue weighted by atomic mass is 10.2. The number of thiophene rings is 1. The third-order valence-corrected chi connectivity index (χ3v) is 6.76. The van der Waals surface area contributed by atoms with Crippen LogP contribution >= 0.6 is 11.3 Å². The number of imidazole rings is 1. The standard InChI is InChI=1S/C22H25N9O3S/c1-13-11-35-12-15(13)18-27-19-17(20(28-18)31-4-6-33-7-5-31)26-16(30(19)3)10-29(2)22-24-8-14(9-25-22)21(32)34-23/h8-9,11-12H,4-7,10,23H2,1-3H3. The van der Waals surface area contributed by atoms with Gasteiger partial charge in [0.05, 0.1) is 25.3 Å². The summed E-state index contributed by atoms with van der Waals surface area (Å²) < 4.78 is 7.53. The molecule has 2 N–H and O–H groups in total. The smallest absolute Gasteiger partial charge is 0.359 e. The number of fused-ring (bicyclic) bond motifs is 1. The second-order valence-corrected chi connectivity index (χ2v) is 8.97. The molecule has 13 heteroatoms. The predicted octanol–water partition coefficient (Wildman–Crippen LogP) is 1.69. The molecule has 0 bridgehead atoms. The molecule has 12 nitrogen and oxygen atoms in total. The molecule has 1 fully saturated rings. The molecule has 5 heterocycles. The molecule has 0 spiro atoms. The van der Waals surface area contributed by atoms with Gasteiger partial charge in [-0.15, -0.1) is 0 Å². The maximum atomic E-state index is 11.5. The van der Waals surface area contributed by atoms with Crippen LogP contribution in [0.2, 0.25) is 0 Å². The van der Waals surface area contributed by atoms with Crippen molar-refractivity contribution in [1.29, 1.82) is 0 Å². The number of nitrogens with zero attached hydrogens (tertiary/aromatic N) is 8. The van der Waals surface area contributed by atoms with Crippen LogP contribution in [-0.4, -0.2) is 68.8 Å². The minimum absolute atomic E-state index is 0.175. The first kappa shape index (κ1) is 23.1. The quantitative estimate of drug-likeness (QED) is 0.391. The molecule has 0 atom stereocenters. The highest BCUT2D eigenvalue weighted by Crippen LogP contribution is 2.31. The van der Waals surface area contributed by atoms with Crippen LogP contribution in [0.15, 0.2) is 23.2 Å². The number of morpholine rings is 1. The van der Waals surface area contributed by atoms with Crippen LogP contribution in [0.3, 0.4) is 0 Å². The summed E-state index contributed by atoms with van der Waals surface area (Å²) >= 11 is 1.63. The van der Waals surface area contributed by atoms with Crippen LogP contribution in [0.5, 0.6) is 0 Å². The van der Waals surface area contributed by atoms with Gasteiger partial charge in [-0.05, 0) is 17.9 Å². The van der Waals surface area contributed by atoms with Crippen LogP contribution < -0.4 is 15.7 Å². The lowest BCUT2D eigenvalue weighted by Gasteiger charge is -2.28. The van der Waals surface area contributed by atoms with Crippen molar-refractivity contribution >= 4 is 40.2 Å². The van der Waals surface area contributed by atoms with Crippen molar-refractivity contribution < 1.29 is 14.4 Å². The van der Waals surface area contributed by atoms with E-state index in [-0.39, 0.29) is 5.56 Å². The Bertz CT molecular complexity index is 1360. The number of anilines is 2. The van der Waals surface area contributed by atoms with Gasteiger partial charge in [0.1, 0.15) is 5.82 Å². The number of rotatable bonds is 6. The van der Waals surface area contributed by atoms with Crippen molar-refractivity contribution in [2.45, 2.75) is 13.5 Å². The topological polar surface area (TPSA) is 137 Å². The van der Waals surface area contributed by atoms with Gasteiger partial charge in [-0.1, -0.05) is 0 Å². The summed E-state index contributed by atoms with van der Waals surface area (Å²) in [4.78, 5) is 43.1. The molecule has 35 heavy (non-hydrogen) atoms. The monoisotopic (exact) mass is 495 g/mol. The normalized spacial score (nSPS) is 13.9. The number of carbonyl (C=O) groups is 1. The molecule has 0 unspecified atom stereocenters. The van der Waals surface area contributed by atoms with E-state index in [1.165, 1.54) is 12.4 Å². The lowest BCUT2D eigenvalue weighted by molar-refractivity contribution is 0.0502. The zero-order valence-corrected chi connectivity index (χ0v) is 20.4. The fourth-order valence-corrected chi connectivity index (χ4v) is 4.74. The maximum Gasteiger partial charge on any atom is 0.359 e. The molecule has 0 radical (unpaired) electrons. The highest BCUT2D eigenvalue weighted by molar-refractivity contribution is 7.08. The van der Waals surface area contributed by atoms with Crippen LogP contribution in [0.1, 0.15) is 21.7 Å². The molecule has 1 aliphatic heterocycles. The number of aromatic nitrogens is 6. The van der Waals surface area contributed by atoms with E-state index in [1.807, 2.05) is 23.6 Å². The zero-order chi connectivity index (χ0) is 24.5. The van der Waals surface area contributed by atoms with E-state index in [0.717, 1.165) is 47.0 Å². The lowest BCUT2D eigenvalue weighted by Crippen LogP contribution is -2.37. The molecule has 1 aliphatic rings. The van der Waals surface area contributed by atoms with E-state index in [2.05, 4.69) is 37.4 Å². The van der Waals surface area contributed by atoms with Gasteiger partial charge in [-0.25, -0.2) is 29.7 Å². The van der Waals surface area contributed by atoms with Gasteiger partial charge < -0.3 is 23.9 Å². The van der Waals surface area contributed by atoms with Crippen molar-refractivity contribution in [3.05, 3.63) is 40.1 Å². The van der Waals surface area contributed by atoms with Crippen molar-refractivity contribution in [1.82, 2.24) is 29.5 Å². The molecule has 0 aliphatic carbocycles. The largest absolute Gasteiger partial charge is 0.378 e. The number of hydrogen-bond donors (Lipinski definition) is 1. The van der Waals surface area contributed by atoms with Gasteiger partial charge in [0.15, 0.2) is 22.8 Å². The fourth-order valence-electron chi connectivity index (χ4n) is 3.91. The van der Waals surface area contributed by atoms with Crippen molar-refractivity contribution in [3.8, 4) is 11.4 Å². The Kier molecular flexibility index (Phi) is 6.28. The molecule has 4 aromatic heterocycles. The molecule has 0 amide bonds. The van der Waals surface area contributed by atoms with Crippen LogP contribution in [0, 0.1) is 6.92 Å². The second kappa shape index (κ2) is 9.52. The first-order chi connectivity index (χ1) is 17.0. The molecular weight excluding hydrogens is 470 g/mol. The minimum atomic E-state index is -0.694. The second-order valence-electron chi connectivity index (χ2n) is 8.23. The summed E-state index contributed by atoms with van der Waals surface area (Å²) in [7, 11) is 3.80. The Morgan fingerprint density at radius 2 is 1.94 bits per heavy atom. The first-order valence-electron chi connectivity index (χ1n) is 11.0. The van der Waals surface area contributed by atoms with Crippen LogP contribution in [0.25, 0.3) is 22.6 Å². The molecule has 0 saturated carbocycles. The van der Waals surface area contributed by atoms with Crippen LogP contribution in [-0.2, 0) is 23.2 Å². The molecule has 0 aromatic carbocycles. The van der Waals surface area contributed by atoms with Gasteiger partial charge in [-0.3, -0.25) is 0 Å². The molecule has 1 saturated heterocycles. The highest BCUT2D eigenvalue weighted by Gasteiger charge is 2.24. The predicted molar refractivity (Wildman–Crippen MR) is 131 cm³/mol. The summed E-state index contributed by atoms with van der Waals surface area (Å²) in [6.07, 6.45) is 2.75. The average Bonchev–Trinajstić information content (AvgIpc) is 3.46. The van der Waals surface area contributed by atoms with E-state index >= 15 is 0 Å². The average molecular weight is 496 g/mol. The minimum Gasteiger partial charge on any atom is -0.378 e. The van der Waals surface area contributed by atoms with E-state index in [0.29, 0.717) is 31.5 Å². The summed E-state index contributed by atoms with van der Waals surface area (Å²) in [5.41, 5.74) is 3.84. The molecule has 182 valence electrons. The molecular formula is C22H25N9O3S. The highest BCUT2D eigenvalue weighted by atomic mass is 32.1. The number of ether oxygens (including phenoxy) is 1. The van der Waals surface area contributed by atoms with Crippen LogP contribution in [0.4, 0.5) is 11.8 Å². The maximum absolute atomic E-state index is 11.5. The number of nitrogens with two attached hydrogens (primary N) is 1. The van der Waals surface area contributed by atoms with Gasteiger partial charge in [0.25, 0.3) is 0 Å². The summed E-state index contributed by atoms with van der Waals surface area (Å²) in [5.74, 6) is 6.94. The summed E-state index contributed by atoms with van der Waals surface area (Å²) in [6.45, 7) is 5.26. The SMILES string of the molecule is Cc1cscc1-c1nc(N2CCOCC2)c2nc(CN(C)c3ncc(C(=O)ON)cn3)n(C)c2n1. The van der Waals surface area contributed by atoms with Crippen molar-refractivity contribution in [2.24, 2.45) is 12.9 Å². The molecule has 5 rings (SSSR count). The third kappa shape index (κ3) is 4.40. The Hall–Kier alpha value is -3.68. The third-order valence-electron chi connectivity index (χ3n) is 5.90. The van der Waals surface area contributed by atoms with E-state index < -0.39 is 5.97 Å². The van der Waals surface area contributed by atoms with Crippen molar-refractivity contribution in [3.63, 3.8) is 0 Å². The Labute approximate surface area is 205 Å². The fraction of sp³-hybridized carbons (Fsp3) is 0.364. The van der Waals surface area contributed by atoms with Gasteiger partial charge >= 0.3 is 5.97 Å². The van der Waals surface area contributed by atoms with E-state index in [4.69, 9.17) is 25.6 Å². The van der Waals surface area contributed by atoms with Gasteiger partial charge in [0, 0.05) is 50.5 Å². The zero-order valence-electron chi connectivity index (χ0n) is 19.6. The van der Waals surface area contributed by atoms with Gasteiger partial charge in [0.2, 0.25) is 5.95 Å².